The first-order valence-corrected chi connectivity index (χ1v) is 6.40. The summed E-state index contributed by atoms with van der Waals surface area (Å²) in [5.41, 5.74) is 2.90. The molecule has 0 N–H and O–H groups in total. The second kappa shape index (κ2) is 4.73. The minimum Gasteiger partial charge on any atom is -0.452 e. The fourth-order valence-corrected chi connectivity index (χ4v) is 2.14. The van der Waals surface area contributed by atoms with Crippen LogP contribution in [0.4, 0.5) is 0 Å². The van der Waals surface area contributed by atoms with E-state index in [0.717, 1.165) is 12.0 Å². The normalized spacial score (nSPS) is 15.4. The molecule has 19 heavy (non-hydrogen) atoms. The van der Waals surface area contributed by atoms with Crippen molar-refractivity contribution in [3.05, 3.63) is 71.0 Å². The van der Waals surface area contributed by atoms with Gasteiger partial charge in [-0.05, 0) is 35.8 Å². The van der Waals surface area contributed by atoms with Gasteiger partial charge in [-0.3, -0.25) is 4.79 Å². The summed E-state index contributed by atoms with van der Waals surface area (Å²) in [6.45, 7) is 2.12. The van der Waals surface area contributed by atoms with E-state index >= 15 is 0 Å². The highest BCUT2D eigenvalue weighted by Crippen LogP contribution is 2.31. The number of carbonyl (C=O) groups excluding carboxylic acids is 1. The Morgan fingerprint density at radius 2 is 1.79 bits per heavy atom. The SMILES string of the molecule is CCc1ccc(/C=C2\Oc3ccccc3C2=O)cc1. The quantitative estimate of drug-likeness (QED) is 0.756. The van der Waals surface area contributed by atoms with Crippen LogP contribution < -0.4 is 4.74 Å². The van der Waals surface area contributed by atoms with Crippen molar-refractivity contribution in [3.8, 4) is 5.75 Å². The molecule has 0 fully saturated rings. The number of carbonyl (C=O) groups is 1. The molecule has 2 aromatic rings. The predicted molar refractivity (Wildman–Crippen MR) is 75.2 cm³/mol. The summed E-state index contributed by atoms with van der Waals surface area (Å²) >= 11 is 0. The van der Waals surface area contributed by atoms with E-state index in [1.807, 2.05) is 30.3 Å². The summed E-state index contributed by atoms with van der Waals surface area (Å²) in [6.07, 6.45) is 2.81. The molecule has 1 aliphatic rings. The Bertz CT molecular complexity index is 651. The van der Waals surface area contributed by atoms with Crippen LogP contribution in [0.25, 0.3) is 6.08 Å². The van der Waals surface area contributed by atoms with Crippen LogP contribution in [-0.4, -0.2) is 5.78 Å². The van der Waals surface area contributed by atoms with E-state index in [4.69, 9.17) is 4.74 Å². The molecule has 0 spiro atoms. The summed E-state index contributed by atoms with van der Waals surface area (Å²) < 4.78 is 5.59. The predicted octanol–water partition coefficient (Wildman–Crippen LogP) is 3.87. The third kappa shape index (κ3) is 2.17. The lowest BCUT2D eigenvalue weighted by atomic mass is 10.1. The fourth-order valence-electron chi connectivity index (χ4n) is 2.14. The van der Waals surface area contributed by atoms with Crippen molar-refractivity contribution in [1.29, 1.82) is 0 Å². The zero-order valence-electron chi connectivity index (χ0n) is 10.7. The van der Waals surface area contributed by atoms with Crippen molar-refractivity contribution in [2.24, 2.45) is 0 Å². The number of ketones is 1. The molecule has 1 aliphatic heterocycles. The number of rotatable bonds is 2. The van der Waals surface area contributed by atoms with Gasteiger partial charge in [-0.2, -0.15) is 0 Å². The first-order valence-electron chi connectivity index (χ1n) is 6.40. The number of para-hydroxylation sites is 1. The van der Waals surface area contributed by atoms with Gasteiger partial charge < -0.3 is 4.74 Å². The van der Waals surface area contributed by atoms with Crippen molar-refractivity contribution in [2.75, 3.05) is 0 Å². The maximum absolute atomic E-state index is 12.1. The van der Waals surface area contributed by atoms with Crippen LogP contribution in [0.2, 0.25) is 0 Å². The zero-order valence-corrected chi connectivity index (χ0v) is 10.7. The Hall–Kier alpha value is -2.35. The highest BCUT2D eigenvalue weighted by Gasteiger charge is 2.26. The zero-order chi connectivity index (χ0) is 13.2. The number of aryl methyl sites for hydroxylation is 1. The number of allylic oxidation sites excluding steroid dienone is 1. The average Bonchev–Trinajstić information content (AvgIpc) is 2.77. The number of benzene rings is 2. The second-order valence-electron chi connectivity index (χ2n) is 4.53. The molecule has 0 saturated heterocycles. The molecular weight excluding hydrogens is 236 g/mol. The lowest BCUT2D eigenvalue weighted by molar-refractivity contribution is 0.101. The highest BCUT2D eigenvalue weighted by atomic mass is 16.5. The molecular formula is C17H14O2. The van der Waals surface area contributed by atoms with Crippen LogP contribution in [0, 0.1) is 0 Å². The highest BCUT2D eigenvalue weighted by molar-refractivity contribution is 6.14. The third-order valence-corrected chi connectivity index (χ3v) is 3.26. The summed E-state index contributed by atoms with van der Waals surface area (Å²) in [4.78, 5) is 12.1. The number of fused-ring (bicyclic) bond motifs is 1. The summed E-state index contributed by atoms with van der Waals surface area (Å²) in [6, 6.07) is 15.5. The van der Waals surface area contributed by atoms with Gasteiger partial charge in [0.25, 0.3) is 0 Å². The van der Waals surface area contributed by atoms with E-state index in [0.29, 0.717) is 17.1 Å². The van der Waals surface area contributed by atoms with Crippen LogP contribution in [0.3, 0.4) is 0 Å². The average molecular weight is 250 g/mol. The van der Waals surface area contributed by atoms with E-state index in [1.54, 1.807) is 12.1 Å². The van der Waals surface area contributed by atoms with Gasteiger partial charge in [0, 0.05) is 0 Å². The molecule has 0 aromatic heterocycles. The number of hydrogen-bond donors (Lipinski definition) is 0. The molecule has 3 rings (SSSR count). The van der Waals surface area contributed by atoms with Crippen molar-refractivity contribution >= 4 is 11.9 Å². The van der Waals surface area contributed by atoms with Crippen molar-refractivity contribution in [2.45, 2.75) is 13.3 Å². The van der Waals surface area contributed by atoms with Crippen LogP contribution in [-0.2, 0) is 6.42 Å². The molecule has 0 bridgehead atoms. The molecule has 0 atom stereocenters. The minimum atomic E-state index is -0.0461. The maximum atomic E-state index is 12.1. The van der Waals surface area contributed by atoms with E-state index < -0.39 is 0 Å². The van der Waals surface area contributed by atoms with Gasteiger partial charge in [-0.25, -0.2) is 0 Å². The standard InChI is InChI=1S/C17H14O2/c1-2-12-7-9-13(10-8-12)11-16-17(18)14-5-3-4-6-15(14)19-16/h3-11H,2H2,1H3/b16-11-. The molecule has 0 amide bonds. The summed E-state index contributed by atoms with van der Waals surface area (Å²) in [5, 5.41) is 0. The monoisotopic (exact) mass is 250 g/mol. The van der Waals surface area contributed by atoms with Gasteiger partial charge >= 0.3 is 0 Å². The molecule has 0 aliphatic carbocycles. The lowest BCUT2D eigenvalue weighted by Crippen LogP contribution is -1.97. The topological polar surface area (TPSA) is 26.3 Å². The molecule has 2 nitrogen and oxygen atoms in total. The first-order chi connectivity index (χ1) is 9.28. The number of ether oxygens (including phenoxy) is 1. The third-order valence-electron chi connectivity index (χ3n) is 3.26. The van der Waals surface area contributed by atoms with Gasteiger partial charge in [-0.15, -0.1) is 0 Å². The fraction of sp³-hybridized carbons (Fsp3) is 0.118. The maximum Gasteiger partial charge on any atom is 0.231 e. The molecule has 94 valence electrons. The summed E-state index contributed by atoms with van der Waals surface area (Å²) in [5.74, 6) is 0.990. The summed E-state index contributed by atoms with van der Waals surface area (Å²) in [7, 11) is 0. The Kier molecular flexibility index (Phi) is 2.92. The molecule has 1 heterocycles. The van der Waals surface area contributed by atoms with Crippen LogP contribution in [0.15, 0.2) is 54.3 Å². The first kappa shape index (κ1) is 11.7. The largest absolute Gasteiger partial charge is 0.452 e. The molecule has 0 unspecified atom stereocenters. The number of hydrogen-bond acceptors (Lipinski definition) is 2. The molecule has 0 radical (unpaired) electrons. The van der Waals surface area contributed by atoms with E-state index in [9.17, 15) is 4.79 Å². The second-order valence-corrected chi connectivity index (χ2v) is 4.53. The molecule has 2 heteroatoms. The lowest BCUT2D eigenvalue weighted by Gasteiger charge is -2.00. The number of Topliss-reactive ketones (excluding diaryl/α,β-unsaturated/α-hetero) is 1. The van der Waals surface area contributed by atoms with Gasteiger partial charge in [0.2, 0.25) is 5.78 Å². The van der Waals surface area contributed by atoms with Crippen LogP contribution >= 0.6 is 0 Å². The molecule has 0 saturated carbocycles. The Morgan fingerprint density at radius 1 is 1.05 bits per heavy atom. The smallest absolute Gasteiger partial charge is 0.231 e. The van der Waals surface area contributed by atoms with Crippen LogP contribution in [0.5, 0.6) is 5.75 Å². The minimum absolute atomic E-state index is 0.0461. The van der Waals surface area contributed by atoms with Crippen molar-refractivity contribution in [3.63, 3.8) is 0 Å². The van der Waals surface area contributed by atoms with Gasteiger partial charge in [-0.1, -0.05) is 43.3 Å². The Labute approximate surface area is 112 Å². The van der Waals surface area contributed by atoms with Gasteiger partial charge in [0.15, 0.2) is 5.76 Å². The van der Waals surface area contributed by atoms with E-state index in [1.165, 1.54) is 5.56 Å². The Balaban J connectivity index is 1.92. The Morgan fingerprint density at radius 3 is 2.47 bits per heavy atom. The van der Waals surface area contributed by atoms with Crippen molar-refractivity contribution < 1.29 is 9.53 Å². The van der Waals surface area contributed by atoms with E-state index in [2.05, 4.69) is 19.1 Å². The van der Waals surface area contributed by atoms with Crippen LogP contribution in [0.1, 0.15) is 28.4 Å². The van der Waals surface area contributed by atoms with Gasteiger partial charge in [0.1, 0.15) is 5.75 Å². The van der Waals surface area contributed by atoms with Gasteiger partial charge in [0.05, 0.1) is 5.56 Å². The van der Waals surface area contributed by atoms with E-state index in [-0.39, 0.29) is 5.78 Å². The van der Waals surface area contributed by atoms with Crippen molar-refractivity contribution in [1.82, 2.24) is 0 Å². The molecule has 2 aromatic carbocycles.